The standard InChI is InChI=1S/C16H12N2O3/c1-11(19)21-13-8-6-12(7-9-13)16(20)18-10-17-14-4-2-3-5-15(14)18/h2-10H,1H3. The second-order valence-electron chi connectivity index (χ2n) is 4.53. The molecule has 0 saturated carbocycles. The van der Waals surface area contributed by atoms with E-state index in [9.17, 15) is 9.59 Å². The van der Waals surface area contributed by atoms with Crippen LogP contribution in [-0.2, 0) is 4.79 Å². The molecule has 0 bridgehead atoms. The normalized spacial score (nSPS) is 10.5. The third-order valence-corrected chi connectivity index (χ3v) is 3.04. The summed E-state index contributed by atoms with van der Waals surface area (Å²) in [5.41, 5.74) is 2.02. The minimum atomic E-state index is -0.394. The Morgan fingerprint density at radius 2 is 1.76 bits per heavy atom. The van der Waals surface area contributed by atoms with Crippen LogP contribution in [0.25, 0.3) is 11.0 Å². The third-order valence-electron chi connectivity index (χ3n) is 3.04. The monoisotopic (exact) mass is 280 g/mol. The molecule has 3 aromatic rings. The Morgan fingerprint density at radius 1 is 1.05 bits per heavy atom. The smallest absolute Gasteiger partial charge is 0.308 e. The molecule has 0 spiro atoms. The molecule has 0 N–H and O–H groups in total. The molecule has 0 fully saturated rings. The molecule has 1 aromatic heterocycles. The molecule has 0 aliphatic carbocycles. The Labute approximate surface area is 120 Å². The topological polar surface area (TPSA) is 61.2 Å². The number of ether oxygens (including phenoxy) is 1. The Kier molecular flexibility index (Phi) is 3.23. The fraction of sp³-hybridized carbons (Fsp3) is 0.0625. The zero-order chi connectivity index (χ0) is 14.8. The summed E-state index contributed by atoms with van der Waals surface area (Å²) in [7, 11) is 0. The van der Waals surface area contributed by atoms with Crippen molar-refractivity contribution in [2.45, 2.75) is 6.92 Å². The number of esters is 1. The number of nitrogens with zero attached hydrogens (tertiary/aromatic N) is 2. The summed E-state index contributed by atoms with van der Waals surface area (Å²) in [6.45, 7) is 1.33. The minimum absolute atomic E-state index is 0.182. The molecule has 0 saturated heterocycles. The first kappa shape index (κ1) is 13.1. The highest BCUT2D eigenvalue weighted by Crippen LogP contribution is 2.17. The van der Waals surface area contributed by atoms with Crippen LogP contribution in [0.2, 0.25) is 0 Å². The number of carbonyl (C=O) groups excluding carboxylic acids is 2. The first-order valence-electron chi connectivity index (χ1n) is 6.40. The zero-order valence-corrected chi connectivity index (χ0v) is 11.3. The predicted molar refractivity (Wildman–Crippen MR) is 77.2 cm³/mol. The van der Waals surface area contributed by atoms with Gasteiger partial charge >= 0.3 is 5.97 Å². The largest absolute Gasteiger partial charge is 0.427 e. The van der Waals surface area contributed by atoms with Crippen LogP contribution >= 0.6 is 0 Å². The number of aromatic nitrogens is 2. The second kappa shape index (κ2) is 5.20. The van der Waals surface area contributed by atoms with E-state index in [2.05, 4.69) is 4.98 Å². The van der Waals surface area contributed by atoms with Crippen LogP contribution in [0.15, 0.2) is 54.9 Å². The lowest BCUT2D eigenvalue weighted by Gasteiger charge is -2.05. The second-order valence-corrected chi connectivity index (χ2v) is 4.53. The SMILES string of the molecule is CC(=O)Oc1ccc(C(=O)n2cnc3ccccc32)cc1. The summed E-state index contributed by atoms with van der Waals surface area (Å²) in [4.78, 5) is 27.5. The lowest BCUT2D eigenvalue weighted by molar-refractivity contribution is -0.131. The molecule has 0 unspecified atom stereocenters. The van der Waals surface area contributed by atoms with E-state index in [0.717, 1.165) is 11.0 Å². The first-order valence-corrected chi connectivity index (χ1v) is 6.40. The van der Waals surface area contributed by atoms with Gasteiger partial charge in [0.15, 0.2) is 0 Å². The van der Waals surface area contributed by atoms with Gasteiger partial charge in [0.2, 0.25) is 0 Å². The van der Waals surface area contributed by atoms with Crippen LogP contribution in [0.5, 0.6) is 5.75 Å². The summed E-state index contributed by atoms with van der Waals surface area (Å²) < 4.78 is 6.44. The molecule has 0 amide bonds. The Bertz CT molecular complexity index is 819. The molecule has 5 nitrogen and oxygen atoms in total. The van der Waals surface area contributed by atoms with Gasteiger partial charge in [-0.25, -0.2) is 4.98 Å². The van der Waals surface area contributed by atoms with Crippen LogP contribution in [-0.4, -0.2) is 21.4 Å². The van der Waals surface area contributed by atoms with Gasteiger partial charge in [0.05, 0.1) is 11.0 Å². The van der Waals surface area contributed by atoms with Gasteiger partial charge in [-0.05, 0) is 36.4 Å². The van der Waals surface area contributed by atoms with Crippen LogP contribution in [0, 0.1) is 0 Å². The number of para-hydroxylation sites is 2. The van der Waals surface area contributed by atoms with Gasteiger partial charge in [-0.3, -0.25) is 14.2 Å². The summed E-state index contributed by atoms with van der Waals surface area (Å²) in [5.74, 6) is -0.165. The molecule has 5 heteroatoms. The number of hydrogen-bond acceptors (Lipinski definition) is 4. The van der Waals surface area contributed by atoms with Crippen LogP contribution in [0.1, 0.15) is 17.3 Å². The summed E-state index contributed by atoms with van der Waals surface area (Å²) in [6, 6.07) is 13.8. The number of hydrogen-bond donors (Lipinski definition) is 0. The van der Waals surface area contributed by atoms with E-state index in [4.69, 9.17) is 4.74 Å². The molecule has 0 radical (unpaired) electrons. The van der Waals surface area contributed by atoms with Crippen molar-refractivity contribution < 1.29 is 14.3 Å². The van der Waals surface area contributed by atoms with Crippen molar-refractivity contribution >= 4 is 22.9 Å². The fourth-order valence-corrected chi connectivity index (χ4v) is 2.09. The van der Waals surface area contributed by atoms with Gasteiger partial charge in [0.1, 0.15) is 12.1 Å². The van der Waals surface area contributed by atoms with Crippen molar-refractivity contribution in [3.8, 4) is 5.75 Å². The van der Waals surface area contributed by atoms with Gasteiger partial charge in [-0.2, -0.15) is 0 Å². The van der Waals surface area contributed by atoms with Gasteiger partial charge in [0, 0.05) is 12.5 Å². The number of benzene rings is 2. The van der Waals surface area contributed by atoms with E-state index < -0.39 is 5.97 Å². The predicted octanol–water partition coefficient (Wildman–Crippen LogP) is 2.65. The molecule has 3 rings (SSSR count). The molecular formula is C16H12N2O3. The molecule has 0 atom stereocenters. The lowest BCUT2D eigenvalue weighted by Crippen LogP contribution is -2.10. The molecule has 21 heavy (non-hydrogen) atoms. The Morgan fingerprint density at radius 3 is 2.48 bits per heavy atom. The maximum absolute atomic E-state index is 12.5. The quantitative estimate of drug-likeness (QED) is 0.535. The van der Waals surface area contributed by atoms with Crippen molar-refractivity contribution in [3.63, 3.8) is 0 Å². The maximum atomic E-state index is 12.5. The molecule has 104 valence electrons. The van der Waals surface area contributed by atoms with Gasteiger partial charge < -0.3 is 4.74 Å². The molecular weight excluding hydrogens is 268 g/mol. The highest BCUT2D eigenvalue weighted by Gasteiger charge is 2.12. The highest BCUT2D eigenvalue weighted by atomic mass is 16.5. The Balaban J connectivity index is 1.93. The molecule has 0 aliphatic rings. The number of fused-ring (bicyclic) bond motifs is 1. The van der Waals surface area contributed by atoms with E-state index in [1.165, 1.54) is 17.8 Å². The van der Waals surface area contributed by atoms with Crippen LogP contribution < -0.4 is 4.74 Å². The molecule has 0 aliphatic heterocycles. The van der Waals surface area contributed by atoms with Gasteiger partial charge in [-0.1, -0.05) is 12.1 Å². The molecule has 1 heterocycles. The summed E-state index contributed by atoms with van der Waals surface area (Å²) in [6.07, 6.45) is 1.51. The fourth-order valence-electron chi connectivity index (χ4n) is 2.09. The molecule has 2 aromatic carbocycles. The summed E-state index contributed by atoms with van der Waals surface area (Å²) >= 11 is 0. The third kappa shape index (κ3) is 2.53. The van der Waals surface area contributed by atoms with Crippen molar-refractivity contribution in [1.29, 1.82) is 0 Å². The van der Waals surface area contributed by atoms with E-state index in [-0.39, 0.29) is 5.91 Å². The van der Waals surface area contributed by atoms with Crippen molar-refractivity contribution in [2.75, 3.05) is 0 Å². The Hall–Kier alpha value is -2.95. The minimum Gasteiger partial charge on any atom is -0.427 e. The van der Waals surface area contributed by atoms with Gasteiger partial charge in [-0.15, -0.1) is 0 Å². The van der Waals surface area contributed by atoms with Crippen molar-refractivity contribution in [1.82, 2.24) is 9.55 Å². The van der Waals surface area contributed by atoms with Crippen molar-refractivity contribution in [2.24, 2.45) is 0 Å². The lowest BCUT2D eigenvalue weighted by atomic mass is 10.2. The van der Waals surface area contributed by atoms with Crippen LogP contribution in [0.3, 0.4) is 0 Å². The van der Waals surface area contributed by atoms with Gasteiger partial charge in [0.25, 0.3) is 5.91 Å². The van der Waals surface area contributed by atoms with E-state index in [1.807, 2.05) is 24.3 Å². The average Bonchev–Trinajstić information content (AvgIpc) is 2.90. The summed E-state index contributed by atoms with van der Waals surface area (Å²) in [5, 5.41) is 0. The maximum Gasteiger partial charge on any atom is 0.308 e. The van der Waals surface area contributed by atoms with Crippen LogP contribution in [0.4, 0.5) is 0 Å². The first-order chi connectivity index (χ1) is 10.1. The number of carbonyl (C=O) groups is 2. The zero-order valence-electron chi connectivity index (χ0n) is 11.3. The van der Waals surface area contributed by atoms with E-state index in [0.29, 0.717) is 11.3 Å². The number of rotatable bonds is 2. The highest BCUT2D eigenvalue weighted by molar-refractivity contribution is 6.01. The average molecular weight is 280 g/mol. The van der Waals surface area contributed by atoms with E-state index in [1.54, 1.807) is 24.3 Å². The van der Waals surface area contributed by atoms with E-state index >= 15 is 0 Å². The number of imidazole rings is 1. The van der Waals surface area contributed by atoms with Crippen molar-refractivity contribution in [3.05, 3.63) is 60.4 Å².